The topological polar surface area (TPSA) is 152 Å². The summed E-state index contributed by atoms with van der Waals surface area (Å²) >= 11 is 0. The Hall–Kier alpha value is -4.43. The summed E-state index contributed by atoms with van der Waals surface area (Å²) in [7, 11) is -7.73. The number of sulfone groups is 2. The van der Waals surface area contributed by atoms with Gasteiger partial charge < -0.3 is 24.2 Å². The van der Waals surface area contributed by atoms with E-state index in [1.54, 1.807) is 13.8 Å². The first-order valence-electron chi connectivity index (χ1n) is 13.9. The second kappa shape index (κ2) is 15.0. The number of aromatic hydroxyl groups is 1. The molecule has 45 heavy (non-hydrogen) atoms. The van der Waals surface area contributed by atoms with Gasteiger partial charge in [0.2, 0.25) is 25.5 Å². The normalized spacial score (nSPS) is 12.3. The standard InChI is InChI=1S/C32H32O11S2/c1-3-39-22-21-31(34)32(41-24-7-15-28(16-8-24)44(35,36)27-13-5-23(33)6-14-27)42-25-9-17-29(18-10-25)45(37,38)30-19-11-26(12-20-30)43-40-4-2/h5-20,32-33H,3-4,21-22H2,1-2H3. The summed E-state index contributed by atoms with van der Waals surface area (Å²) in [6, 6.07) is 21.8. The lowest BCUT2D eigenvalue weighted by Crippen LogP contribution is -2.34. The molecule has 1 N–H and O–H groups in total. The molecule has 0 aliphatic rings. The van der Waals surface area contributed by atoms with Gasteiger partial charge >= 0.3 is 6.29 Å². The molecule has 0 saturated carbocycles. The largest absolute Gasteiger partial charge is 0.508 e. The van der Waals surface area contributed by atoms with Crippen molar-refractivity contribution >= 4 is 25.5 Å². The molecule has 0 aliphatic carbocycles. The van der Waals surface area contributed by atoms with Crippen molar-refractivity contribution in [3.63, 3.8) is 0 Å². The molecule has 0 fully saturated rings. The highest BCUT2D eigenvalue weighted by atomic mass is 32.2. The van der Waals surface area contributed by atoms with E-state index in [-0.39, 0.29) is 49.9 Å². The van der Waals surface area contributed by atoms with Crippen molar-refractivity contribution in [1.82, 2.24) is 0 Å². The van der Waals surface area contributed by atoms with E-state index in [4.69, 9.17) is 24.0 Å². The lowest BCUT2D eigenvalue weighted by Gasteiger charge is -2.20. The number of phenolic OH excluding ortho intramolecular Hbond substituents is 1. The molecule has 238 valence electrons. The maximum absolute atomic E-state index is 13.1. The minimum absolute atomic E-state index is 0.000605. The van der Waals surface area contributed by atoms with Gasteiger partial charge in [-0.05, 0) is 111 Å². The predicted octanol–water partition coefficient (Wildman–Crippen LogP) is 5.17. The lowest BCUT2D eigenvalue weighted by molar-refractivity contribution is -0.202. The molecule has 1 unspecified atom stereocenters. The highest BCUT2D eigenvalue weighted by Gasteiger charge is 2.24. The Kier molecular flexibility index (Phi) is 11.2. The third kappa shape index (κ3) is 8.60. The Balaban J connectivity index is 1.50. The molecule has 0 spiro atoms. The highest BCUT2D eigenvalue weighted by molar-refractivity contribution is 7.91. The summed E-state index contributed by atoms with van der Waals surface area (Å²) in [5.74, 6) is 0.164. The van der Waals surface area contributed by atoms with Crippen LogP contribution in [-0.4, -0.2) is 53.8 Å². The number of Topliss-reactive ketones (excluding diaryl/α,β-unsaturated/α-hetero) is 1. The van der Waals surface area contributed by atoms with Crippen molar-refractivity contribution in [2.45, 2.75) is 46.1 Å². The van der Waals surface area contributed by atoms with Crippen molar-refractivity contribution in [2.75, 3.05) is 19.8 Å². The summed E-state index contributed by atoms with van der Waals surface area (Å²) in [5.41, 5.74) is 0. The Morgan fingerprint density at radius 3 is 1.42 bits per heavy atom. The van der Waals surface area contributed by atoms with E-state index in [2.05, 4.69) is 0 Å². The van der Waals surface area contributed by atoms with Crippen LogP contribution in [0.15, 0.2) is 117 Å². The minimum Gasteiger partial charge on any atom is -0.508 e. The molecule has 0 radical (unpaired) electrons. The van der Waals surface area contributed by atoms with Crippen molar-refractivity contribution in [2.24, 2.45) is 0 Å². The fourth-order valence-electron chi connectivity index (χ4n) is 3.93. The third-order valence-electron chi connectivity index (χ3n) is 6.27. The van der Waals surface area contributed by atoms with E-state index in [9.17, 15) is 26.7 Å². The van der Waals surface area contributed by atoms with Gasteiger partial charge in [-0.1, -0.05) is 0 Å². The van der Waals surface area contributed by atoms with E-state index in [1.165, 1.54) is 97.1 Å². The summed E-state index contributed by atoms with van der Waals surface area (Å²) < 4.78 is 69.1. The zero-order chi connectivity index (χ0) is 32.5. The molecule has 0 bridgehead atoms. The molecule has 4 rings (SSSR count). The maximum Gasteiger partial charge on any atom is 0.300 e. The number of carbonyl (C=O) groups excluding carboxylic acids is 1. The van der Waals surface area contributed by atoms with Gasteiger partial charge in [0.15, 0.2) is 5.75 Å². The maximum atomic E-state index is 13.1. The van der Waals surface area contributed by atoms with Crippen LogP contribution in [-0.2, 0) is 34.1 Å². The molecule has 4 aromatic rings. The van der Waals surface area contributed by atoms with Gasteiger partial charge in [0.25, 0.3) is 0 Å². The smallest absolute Gasteiger partial charge is 0.300 e. The molecule has 11 nitrogen and oxygen atoms in total. The molecule has 0 aliphatic heterocycles. The summed E-state index contributed by atoms with van der Waals surface area (Å²) in [6.07, 6.45) is -1.47. The van der Waals surface area contributed by atoms with Gasteiger partial charge in [0.05, 0.1) is 32.8 Å². The molecular weight excluding hydrogens is 624 g/mol. The van der Waals surface area contributed by atoms with Crippen LogP contribution in [0.3, 0.4) is 0 Å². The van der Waals surface area contributed by atoms with Crippen LogP contribution in [0.5, 0.6) is 23.0 Å². The lowest BCUT2D eigenvalue weighted by atomic mass is 10.2. The number of rotatable bonds is 16. The van der Waals surface area contributed by atoms with Crippen LogP contribution in [0.4, 0.5) is 0 Å². The fraction of sp³-hybridized carbons (Fsp3) is 0.219. The third-order valence-corrected chi connectivity index (χ3v) is 9.84. The van der Waals surface area contributed by atoms with Gasteiger partial charge in [-0.3, -0.25) is 4.79 Å². The second-order valence-corrected chi connectivity index (χ2v) is 13.3. The Labute approximate surface area is 261 Å². The number of hydrogen-bond donors (Lipinski definition) is 1. The van der Waals surface area contributed by atoms with Gasteiger partial charge in [0, 0.05) is 13.0 Å². The molecule has 4 aromatic carbocycles. The van der Waals surface area contributed by atoms with Gasteiger partial charge in [-0.25, -0.2) is 16.8 Å². The molecule has 0 saturated heterocycles. The summed E-state index contributed by atoms with van der Waals surface area (Å²) in [6.45, 7) is 4.42. The van der Waals surface area contributed by atoms with Crippen LogP contribution >= 0.6 is 0 Å². The first kappa shape index (κ1) is 33.5. The first-order valence-corrected chi connectivity index (χ1v) is 16.8. The Bertz CT molecular complexity index is 1770. The van der Waals surface area contributed by atoms with Crippen molar-refractivity contribution in [3.05, 3.63) is 97.1 Å². The second-order valence-electron chi connectivity index (χ2n) is 9.39. The molecule has 13 heteroatoms. The van der Waals surface area contributed by atoms with E-state index in [0.717, 1.165) is 0 Å². The summed E-state index contributed by atoms with van der Waals surface area (Å²) in [4.78, 5) is 22.9. The average molecular weight is 657 g/mol. The average Bonchev–Trinajstić information content (AvgIpc) is 3.04. The number of hydrogen-bond acceptors (Lipinski definition) is 11. The van der Waals surface area contributed by atoms with Gasteiger partial charge in [0.1, 0.15) is 17.2 Å². The Morgan fingerprint density at radius 2 is 1.02 bits per heavy atom. The Morgan fingerprint density at radius 1 is 0.622 bits per heavy atom. The van der Waals surface area contributed by atoms with Crippen molar-refractivity contribution < 1.29 is 50.7 Å². The van der Waals surface area contributed by atoms with Crippen molar-refractivity contribution in [1.29, 1.82) is 0 Å². The highest BCUT2D eigenvalue weighted by Crippen LogP contribution is 2.28. The quantitative estimate of drug-likeness (QED) is 0.0736. The number of benzene rings is 4. The number of carbonyl (C=O) groups is 1. The van der Waals surface area contributed by atoms with Crippen LogP contribution in [0.2, 0.25) is 0 Å². The summed E-state index contributed by atoms with van der Waals surface area (Å²) in [5, 5.41) is 9.47. The zero-order valence-electron chi connectivity index (χ0n) is 24.5. The molecule has 0 aromatic heterocycles. The van der Waals surface area contributed by atoms with E-state index < -0.39 is 31.7 Å². The molecular formula is C32H32O11S2. The first-order chi connectivity index (χ1) is 21.5. The number of ether oxygens (including phenoxy) is 3. The number of phenols is 1. The van der Waals surface area contributed by atoms with E-state index in [1.807, 2.05) is 0 Å². The zero-order valence-corrected chi connectivity index (χ0v) is 26.1. The van der Waals surface area contributed by atoms with Crippen LogP contribution in [0, 0.1) is 0 Å². The van der Waals surface area contributed by atoms with E-state index in [0.29, 0.717) is 19.0 Å². The monoisotopic (exact) mass is 656 g/mol. The fourth-order valence-corrected chi connectivity index (χ4v) is 6.45. The van der Waals surface area contributed by atoms with Gasteiger partial charge in [-0.2, -0.15) is 4.89 Å². The van der Waals surface area contributed by atoms with Crippen LogP contribution in [0.25, 0.3) is 0 Å². The van der Waals surface area contributed by atoms with Crippen LogP contribution < -0.4 is 14.4 Å². The van der Waals surface area contributed by atoms with E-state index >= 15 is 0 Å². The molecule has 0 amide bonds. The van der Waals surface area contributed by atoms with Gasteiger partial charge in [-0.15, -0.1) is 0 Å². The van der Waals surface area contributed by atoms with Crippen molar-refractivity contribution in [3.8, 4) is 23.0 Å². The SMILES string of the molecule is CCOCCC(=O)C(Oc1ccc(S(=O)(=O)c2ccc(O)cc2)cc1)Oc1ccc(S(=O)(=O)c2ccc(OOCC)cc2)cc1. The predicted molar refractivity (Wildman–Crippen MR) is 162 cm³/mol. The molecule has 0 heterocycles. The molecule has 1 atom stereocenters. The number of ketones is 1. The van der Waals surface area contributed by atoms with Crippen LogP contribution in [0.1, 0.15) is 20.3 Å². The minimum atomic E-state index is -3.87.